The van der Waals surface area contributed by atoms with Gasteiger partial charge in [-0.2, -0.15) is 11.8 Å². The van der Waals surface area contributed by atoms with Crippen molar-refractivity contribution in [1.82, 2.24) is 5.32 Å². The molecule has 2 nitrogen and oxygen atoms in total. The zero-order valence-electron chi connectivity index (χ0n) is 8.95. The zero-order valence-corrected chi connectivity index (χ0v) is 9.77. The minimum Gasteiger partial charge on any atom is -0.469 e. The zero-order chi connectivity index (χ0) is 10.2. The number of thioether (sulfide) groups is 1. The topological polar surface area (TPSA) is 25.2 Å². The van der Waals surface area contributed by atoms with Crippen molar-refractivity contribution >= 4 is 11.8 Å². The average molecular weight is 213 g/mol. The third kappa shape index (κ3) is 4.72. The van der Waals surface area contributed by atoms with Gasteiger partial charge in [0.1, 0.15) is 5.76 Å². The second kappa shape index (κ2) is 6.96. The van der Waals surface area contributed by atoms with Crippen molar-refractivity contribution in [3.8, 4) is 0 Å². The third-order valence-corrected chi connectivity index (χ3v) is 2.93. The lowest BCUT2D eigenvalue weighted by Gasteiger charge is -2.11. The van der Waals surface area contributed by atoms with E-state index in [1.807, 2.05) is 23.9 Å². The van der Waals surface area contributed by atoms with Crippen molar-refractivity contribution in [1.29, 1.82) is 0 Å². The van der Waals surface area contributed by atoms with Gasteiger partial charge in [-0.15, -0.1) is 0 Å². The van der Waals surface area contributed by atoms with Crippen LogP contribution in [0.3, 0.4) is 0 Å². The van der Waals surface area contributed by atoms with Gasteiger partial charge in [-0.05, 0) is 24.8 Å². The molecule has 3 heteroatoms. The van der Waals surface area contributed by atoms with Crippen LogP contribution < -0.4 is 5.32 Å². The Balaban J connectivity index is 2.07. The van der Waals surface area contributed by atoms with E-state index in [0.717, 1.165) is 18.7 Å². The van der Waals surface area contributed by atoms with E-state index in [0.29, 0.717) is 6.04 Å². The average Bonchev–Trinajstić information content (AvgIpc) is 2.65. The third-order valence-electron chi connectivity index (χ3n) is 2.03. The molecule has 0 spiro atoms. The predicted octanol–water partition coefficient (Wildman–Crippen LogP) is 2.55. The highest BCUT2D eigenvalue weighted by Gasteiger charge is 2.03. The molecule has 14 heavy (non-hydrogen) atoms. The number of hydrogen-bond acceptors (Lipinski definition) is 3. The standard InChI is InChI=1S/C11H19NOS/c1-3-14-8-6-12-10(2)9-11-5-4-7-13-11/h4-5,7,10,12H,3,6,8-9H2,1-2H3. The second-order valence-electron chi connectivity index (χ2n) is 3.34. The molecule has 1 atom stereocenters. The minimum absolute atomic E-state index is 0.499. The molecule has 0 aliphatic heterocycles. The van der Waals surface area contributed by atoms with E-state index in [-0.39, 0.29) is 0 Å². The van der Waals surface area contributed by atoms with Gasteiger partial charge in [0.25, 0.3) is 0 Å². The van der Waals surface area contributed by atoms with Crippen molar-refractivity contribution in [3.05, 3.63) is 24.2 Å². The van der Waals surface area contributed by atoms with Crippen LogP contribution in [0.2, 0.25) is 0 Å². The van der Waals surface area contributed by atoms with Gasteiger partial charge in [0.15, 0.2) is 0 Å². The van der Waals surface area contributed by atoms with E-state index < -0.39 is 0 Å². The van der Waals surface area contributed by atoms with Crippen molar-refractivity contribution in [3.63, 3.8) is 0 Å². The molecule has 1 N–H and O–H groups in total. The van der Waals surface area contributed by atoms with Crippen LogP contribution in [0.15, 0.2) is 22.8 Å². The molecule has 1 rings (SSSR count). The van der Waals surface area contributed by atoms with E-state index in [1.54, 1.807) is 6.26 Å². The summed E-state index contributed by atoms with van der Waals surface area (Å²) in [7, 11) is 0. The molecule has 0 saturated carbocycles. The lowest BCUT2D eigenvalue weighted by Crippen LogP contribution is -2.29. The van der Waals surface area contributed by atoms with E-state index in [1.165, 1.54) is 11.5 Å². The molecule has 1 unspecified atom stereocenters. The first-order valence-corrected chi connectivity index (χ1v) is 6.32. The summed E-state index contributed by atoms with van der Waals surface area (Å²) in [4.78, 5) is 0. The number of nitrogens with one attached hydrogen (secondary N) is 1. The lowest BCUT2D eigenvalue weighted by atomic mass is 10.2. The molecular formula is C11H19NOS. The Bertz CT molecular complexity index is 223. The highest BCUT2D eigenvalue weighted by molar-refractivity contribution is 7.99. The number of hydrogen-bond donors (Lipinski definition) is 1. The largest absolute Gasteiger partial charge is 0.469 e. The summed E-state index contributed by atoms with van der Waals surface area (Å²) in [5, 5.41) is 3.47. The Morgan fingerprint density at radius 1 is 1.57 bits per heavy atom. The summed E-state index contributed by atoms with van der Waals surface area (Å²) in [6, 6.07) is 4.46. The van der Waals surface area contributed by atoms with Crippen molar-refractivity contribution in [2.75, 3.05) is 18.1 Å². The monoisotopic (exact) mass is 213 g/mol. The van der Waals surface area contributed by atoms with Crippen molar-refractivity contribution < 1.29 is 4.42 Å². The first kappa shape index (κ1) is 11.7. The normalized spacial score (nSPS) is 13.0. The maximum Gasteiger partial charge on any atom is 0.105 e. The SMILES string of the molecule is CCSCCNC(C)Cc1ccco1. The van der Waals surface area contributed by atoms with Gasteiger partial charge in [0.2, 0.25) is 0 Å². The van der Waals surface area contributed by atoms with Crippen LogP contribution in [0.5, 0.6) is 0 Å². The molecule has 0 saturated heterocycles. The van der Waals surface area contributed by atoms with Gasteiger partial charge in [-0.3, -0.25) is 0 Å². The van der Waals surface area contributed by atoms with Crippen LogP contribution in [0.4, 0.5) is 0 Å². The van der Waals surface area contributed by atoms with Crippen LogP contribution in [0, 0.1) is 0 Å². The Morgan fingerprint density at radius 3 is 3.07 bits per heavy atom. The summed E-state index contributed by atoms with van der Waals surface area (Å²) >= 11 is 1.97. The van der Waals surface area contributed by atoms with Crippen molar-refractivity contribution in [2.45, 2.75) is 26.3 Å². The smallest absolute Gasteiger partial charge is 0.105 e. The van der Waals surface area contributed by atoms with Gasteiger partial charge in [0.05, 0.1) is 6.26 Å². The van der Waals surface area contributed by atoms with Gasteiger partial charge < -0.3 is 9.73 Å². The minimum atomic E-state index is 0.499. The van der Waals surface area contributed by atoms with Gasteiger partial charge >= 0.3 is 0 Å². The molecule has 0 radical (unpaired) electrons. The maximum absolute atomic E-state index is 5.29. The van der Waals surface area contributed by atoms with Crippen LogP contribution in [-0.2, 0) is 6.42 Å². The molecule has 0 aliphatic carbocycles. The molecular weight excluding hydrogens is 194 g/mol. The fraction of sp³-hybridized carbons (Fsp3) is 0.636. The molecule has 1 aromatic heterocycles. The van der Waals surface area contributed by atoms with Gasteiger partial charge in [0, 0.05) is 24.8 Å². The van der Waals surface area contributed by atoms with E-state index in [9.17, 15) is 0 Å². The first-order chi connectivity index (χ1) is 6.83. The molecule has 0 fully saturated rings. The Hall–Kier alpha value is -0.410. The molecule has 0 aromatic carbocycles. The Morgan fingerprint density at radius 2 is 2.43 bits per heavy atom. The summed E-state index contributed by atoms with van der Waals surface area (Å²) in [5.74, 6) is 3.46. The van der Waals surface area contributed by atoms with Gasteiger partial charge in [-0.1, -0.05) is 6.92 Å². The molecule has 0 amide bonds. The predicted molar refractivity (Wildman–Crippen MR) is 62.9 cm³/mol. The summed E-state index contributed by atoms with van der Waals surface area (Å²) in [6.45, 7) is 5.47. The number of rotatable bonds is 7. The maximum atomic E-state index is 5.29. The van der Waals surface area contributed by atoms with E-state index in [2.05, 4.69) is 19.2 Å². The van der Waals surface area contributed by atoms with Crippen LogP contribution >= 0.6 is 11.8 Å². The quantitative estimate of drug-likeness (QED) is 0.705. The first-order valence-electron chi connectivity index (χ1n) is 5.16. The molecule has 80 valence electrons. The Kier molecular flexibility index (Phi) is 5.80. The highest BCUT2D eigenvalue weighted by Crippen LogP contribution is 2.04. The van der Waals surface area contributed by atoms with Crippen LogP contribution in [0.1, 0.15) is 19.6 Å². The van der Waals surface area contributed by atoms with E-state index >= 15 is 0 Å². The second-order valence-corrected chi connectivity index (χ2v) is 4.73. The van der Waals surface area contributed by atoms with E-state index in [4.69, 9.17) is 4.42 Å². The highest BCUT2D eigenvalue weighted by atomic mass is 32.2. The summed E-state index contributed by atoms with van der Waals surface area (Å²) in [6.07, 6.45) is 2.71. The molecule has 1 heterocycles. The fourth-order valence-corrected chi connectivity index (χ4v) is 1.88. The van der Waals surface area contributed by atoms with Gasteiger partial charge in [-0.25, -0.2) is 0 Å². The van der Waals surface area contributed by atoms with Crippen LogP contribution in [-0.4, -0.2) is 24.1 Å². The molecule has 0 bridgehead atoms. The summed E-state index contributed by atoms with van der Waals surface area (Å²) in [5.41, 5.74) is 0. The summed E-state index contributed by atoms with van der Waals surface area (Å²) < 4.78 is 5.29. The fourth-order valence-electron chi connectivity index (χ4n) is 1.32. The molecule has 0 aliphatic rings. The lowest BCUT2D eigenvalue weighted by molar-refractivity contribution is 0.463. The number of furan rings is 1. The molecule has 1 aromatic rings. The Labute approximate surface area is 90.5 Å². The van der Waals surface area contributed by atoms with Crippen molar-refractivity contribution in [2.24, 2.45) is 0 Å². The van der Waals surface area contributed by atoms with Crippen LogP contribution in [0.25, 0.3) is 0 Å².